The van der Waals surface area contributed by atoms with Crippen molar-refractivity contribution in [1.29, 1.82) is 0 Å². The summed E-state index contributed by atoms with van der Waals surface area (Å²) in [6.45, 7) is 0. The zero-order chi connectivity index (χ0) is 8.39. The minimum atomic E-state index is 0.398. The minimum absolute atomic E-state index is 0.398. The number of hydrogen-bond acceptors (Lipinski definition) is 2. The maximum Gasteiger partial charge on any atom is 0.155 e. The van der Waals surface area contributed by atoms with Gasteiger partial charge in [0.05, 0.1) is 13.4 Å². The molecule has 1 aromatic carbocycles. The largest absolute Gasteiger partial charge is 0.377 e. The summed E-state index contributed by atoms with van der Waals surface area (Å²) in [5, 5.41) is 11.0. The van der Waals surface area contributed by atoms with Crippen LogP contribution in [0.2, 0.25) is 0 Å². The molecule has 2 N–H and O–H groups in total. The SMILES string of the molecule is [B]CNc1n[nH]c2ccccc12. The highest BCUT2D eigenvalue weighted by molar-refractivity contribution is 6.10. The molecule has 3 nitrogen and oxygen atoms in total. The zero-order valence-corrected chi connectivity index (χ0v) is 6.54. The fourth-order valence-electron chi connectivity index (χ4n) is 1.19. The molecule has 0 unspecified atom stereocenters. The van der Waals surface area contributed by atoms with E-state index in [9.17, 15) is 0 Å². The lowest BCUT2D eigenvalue weighted by Crippen LogP contribution is -2.00. The lowest BCUT2D eigenvalue weighted by atomic mass is 10.1. The Morgan fingerprint density at radius 2 is 2.25 bits per heavy atom. The number of fused-ring (bicyclic) bond motifs is 1. The molecule has 0 amide bonds. The predicted octanol–water partition coefficient (Wildman–Crippen LogP) is 1.10. The van der Waals surface area contributed by atoms with Crippen molar-refractivity contribution in [3.63, 3.8) is 0 Å². The summed E-state index contributed by atoms with van der Waals surface area (Å²) in [4.78, 5) is 0. The van der Waals surface area contributed by atoms with E-state index in [-0.39, 0.29) is 0 Å². The number of para-hydroxylation sites is 1. The van der Waals surface area contributed by atoms with Crippen LogP contribution in [-0.4, -0.2) is 24.5 Å². The second-order valence-electron chi connectivity index (χ2n) is 2.50. The van der Waals surface area contributed by atoms with Crippen LogP contribution in [0, 0.1) is 0 Å². The lowest BCUT2D eigenvalue weighted by Gasteiger charge is -1.96. The molecule has 2 aromatic rings. The highest BCUT2D eigenvalue weighted by atomic mass is 15.2. The first-order chi connectivity index (χ1) is 5.92. The zero-order valence-electron chi connectivity index (χ0n) is 6.54. The molecule has 58 valence electrons. The maximum absolute atomic E-state index is 5.35. The molecule has 1 aromatic heterocycles. The number of nitrogens with one attached hydrogen (secondary N) is 2. The number of nitrogens with zero attached hydrogens (tertiary/aromatic N) is 1. The fraction of sp³-hybridized carbons (Fsp3) is 0.125. The molecule has 0 saturated carbocycles. The normalized spacial score (nSPS) is 10.3. The van der Waals surface area contributed by atoms with Crippen LogP contribution >= 0.6 is 0 Å². The molecular formula is C8H8BN3. The van der Waals surface area contributed by atoms with Crippen LogP contribution in [0.3, 0.4) is 0 Å². The van der Waals surface area contributed by atoms with Crippen molar-refractivity contribution in [3.05, 3.63) is 24.3 Å². The first-order valence-electron chi connectivity index (χ1n) is 3.79. The van der Waals surface area contributed by atoms with Gasteiger partial charge in [0.25, 0.3) is 0 Å². The van der Waals surface area contributed by atoms with Crippen LogP contribution in [-0.2, 0) is 0 Å². The Bertz CT molecular complexity index is 382. The second kappa shape index (κ2) is 2.89. The molecule has 0 atom stereocenters. The fourth-order valence-corrected chi connectivity index (χ4v) is 1.19. The van der Waals surface area contributed by atoms with E-state index in [0.717, 1.165) is 16.7 Å². The maximum atomic E-state index is 5.35. The number of anilines is 1. The summed E-state index contributed by atoms with van der Waals surface area (Å²) in [5.74, 6) is 0.813. The lowest BCUT2D eigenvalue weighted by molar-refractivity contribution is 1.11. The summed E-state index contributed by atoms with van der Waals surface area (Å²) in [7, 11) is 5.35. The van der Waals surface area contributed by atoms with Gasteiger partial charge in [-0.1, -0.05) is 12.1 Å². The molecule has 2 rings (SSSR count). The van der Waals surface area contributed by atoms with E-state index in [0.29, 0.717) is 6.44 Å². The summed E-state index contributed by atoms with van der Waals surface area (Å²) >= 11 is 0. The van der Waals surface area contributed by atoms with E-state index in [1.807, 2.05) is 24.3 Å². The van der Waals surface area contributed by atoms with E-state index < -0.39 is 0 Å². The van der Waals surface area contributed by atoms with Crippen molar-refractivity contribution >= 4 is 24.6 Å². The predicted molar refractivity (Wildman–Crippen MR) is 50.3 cm³/mol. The molecule has 0 bridgehead atoms. The molecule has 0 saturated heterocycles. The third-order valence-corrected chi connectivity index (χ3v) is 1.74. The molecule has 0 aliphatic rings. The number of aromatic nitrogens is 2. The van der Waals surface area contributed by atoms with Gasteiger partial charge in [-0.25, -0.2) is 0 Å². The van der Waals surface area contributed by atoms with Gasteiger partial charge in [-0.15, -0.1) is 0 Å². The summed E-state index contributed by atoms with van der Waals surface area (Å²) in [6, 6.07) is 7.91. The van der Waals surface area contributed by atoms with Gasteiger partial charge < -0.3 is 5.32 Å². The number of aromatic amines is 1. The minimum Gasteiger partial charge on any atom is -0.377 e. The molecule has 2 radical (unpaired) electrons. The Kier molecular flexibility index (Phi) is 1.74. The molecule has 0 spiro atoms. The molecule has 0 aliphatic carbocycles. The van der Waals surface area contributed by atoms with Gasteiger partial charge in [0.2, 0.25) is 0 Å². The summed E-state index contributed by atoms with van der Waals surface area (Å²) < 4.78 is 0. The highest BCUT2D eigenvalue weighted by Crippen LogP contribution is 2.18. The Labute approximate surface area is 71.6 Å². The summed E-state index contributed by atoms with van der Waals surface area (Å²) in [5.41, 5.74) is 1.02. The van der Waals surface area contributed by atoms with E-state index in [1.165, 1.54) is 0 Å². The Balaban J connectivity index is 2.55. The van der Waals surface area contributed by atoms with Crippen molar-refractivity contribution in [3.8, 4) is 0 Å². The van der Waals surface area contributed by atoms with Gasteiger partial charge in [-0.3, -0.25) is 5.10 Å². The average Bonchev–Trinajstić information content (AvgIpc) is 2.50. The number of H-pyrrole nitrogens is 1. The van der Waals surface area contributed by atoms with E-state index in [1.54, 1.807) is 0 Å². The third kappa shape index (κ3) is 1.05. The van der Waals surface area contributed by atoms with Gasteiger partial charge in [0, 0.05) is 5.39 Å². The molecule has 0 fully saturated rings. The van der Waals surface area contributed by atoms with Crippen LogP contribution in [0.25, 0.3) is 10.9 Å². The Morgan fingerprint density at radius 3 is 3.08 bits per heavy atom. The van der Waals surface area contributed by atoms with Crippen molar-refractivity contribution < 1.29 is 0 Å². The average molecular weight is 157 g/mol. The second-order valence-corrected chi connectivity index (χ2v) is 2.50. The van der Waals surface area contributed by atoms with Crippen LogP contribution in [0.5, 0.6) is 0 Å². The molecule has 0 aliphatic heterocycles. The monoisotopic (exact) mass is 157 g/mol. The van der Waals surface area contributed by atoms with E-state index in [4.69, 9.17) is 7.85 Å². The number of benzene rings is 1. The first-order valence-corrected chi connectivity index (χ1v) is 3.79. The van der Waals surface area contributed by atoms with Gasteiger partial charge >= 0.3 is 0 Å². The summed E-state index contributed by atoms with van der Waals surface area (Å²) in [6.07, 6.45) is 0.398. The molecule has 4 heteroatoms. The quantitative estimate of drug-likeness (QED) is 0.640. The smallest absolute Gasteiger partial charge is 0.155 e. The number of hydrogen-bond donors (Lipinski definition) is 2. The van der Waals surface area contributed by atoms with Crippen molar-refractivity contribution in [1.82, 2.24) is 10.2 Å². The number of rotatable bonds is 2. The Hall–Kier alpha value is -1.45. The van der Waals surface area contributed by atoms with Crippen molar-refractivity contribution in [2.24, 2.45) is 0 Å². The van der Waals surface area contributed by atoms with Gasteiger partial charge in [-0.2, -0.15) is 5.10 Å². The molecule has 12 heavy (non-hydrogen) atoms. The standard InChI is InChI=1S/C8H8BN3/c9-5-10-8-6-3-1-2-4-7(6)11-12-8/h1-4H,5H2,(H2,10,11,12). The molecular weight excluding hydrogens is 149 g/mol. The van der Waals surface area contributed by atoms with Gasteiger partial charge in [0.1, 0.15) is 0 Å². The van der Waals surface area contributed by atoms with Crippen LogP contribution < -0.4 is 5.32 Å². The molecule has 1 heterocycles. The highest BCUT2D eigenvalue weighted by Gasteiger charge is 2.00. The van der Waals surface area contributed by atoms with E-state index in [2.05, 4.69) is 15.5 Å². The van der Waals surface area contributed by atoms with Crippen molar-refractivity contribution in [2.45, 2.75) is 0 Å². The van der Waals surface area contributed by atoms with E-state index >= 15 is 0 Å². The topological polar surface area (TPSA) is 40.7 Å². The van der Waals surface area contributed by atoms with Crippen LogP contribution in [0.4, 0.5) is 5.82 Å². The Morgan fingerprint density at radius 1 is 1.42 bits per heavy atom. The van der Waals surface area contributed by atoms with Crippen molar-refractivity contribution in [2.75, 3.05) is 11.8 Å². The first kappa shape index (κ1) is 7.22. The van der Waals surface area contributed by atoms with Gasteiger partial charge in [-0.05, 0) is 18.6 Å². The van der Waals surface area contributed by atoms with Crippen LogP contribution in [0.1, 0.15) is 0 Å². The van der Waals surface area contributed by atoms with Crippen LogP contribution in [0.15, 0.2) is 24.3 Å². The third-order valence-electron chi connectivity index (χ3n) is 1.74. The van der Waals surface area contributed by atoms with Gasteiger partial charge in [0.15, 0.2) is 5.82 Å².